The van der Waals surface area contributed by atoms with Gasteiger partial charge in [-0.1, -0.05) is 29.8 Å². The van der Waals surface area contributed by atoms with Crippen LogP contribution in [-0.4, -0.2) is 25.3 Å². The first kappa shape index (κ1) is 14.9. The number of allylic oxidation sites excluding steroid dienone is 2. The van der Waals surface area contributed by atoms with Crippen molar-refractivity contribution in [2.45, 2.75) is 30.8 Å². The predicted octanol–water partition coefficient (Wildman–Crippen LogP) is 1.83. The normalized spacial score (nSPS) is 36.6. The van der Waals surface area contributed by atoms with Gasteiger partial charge in [0, 0.05) is 11.6 Å². The van der Waals surface area contributed by atoms with E-state index in [0.29, 0.717) is 17.8 Å². The van der Waals surface area contributed by atoms with E-state index in [2.05, 4.69) is 22.1 Å². The molecule has 0 radical (unpaired) electrons. The molecule has 23 heavy (non-hydrogen) atoms. The SMILES string of the molecule is Cc1ccc(S(=O)(=O)N/N=C2\C[C@@H]3C=C[C@H]4C[C@@H](O)[C@H]2[C@H]34)cc1. The Morgan fingerprint density at radius 1 is 1.17 bits per heavy atom. The predicted molar refractivity (Wildman–Crippen MR) is 87.3 cm³/mol. The van der Waals surface area contributed by atoms with Crippen LogP contribution in [0.4, 0.5) is 0 Å². The van der Waals surface area contributed by atoms with Crippen molar-refractivity contribution in [1.82, 2.24) is 4.83 Å². The summed E-state index contributed by atoms with van der Waals surface area (Å²) in [6.45, 7) is 1.91. The lowest BCUT2D eigenvalue weighted by Crippen LogP contribution is -2.26. The van der Waals surface area contributed by atoms with Gasteiger partial charge in [-0.25, -0.2) is 4.83 Å². The van der Waals surface area contributed by atoms with Crippen LogP contribution in [-0.2, 0) is 10.0 Å². The molecule has 0 aliphatic heterocycles. The maximum atomic E-state index is 12.3. The average molecular weight is 332 g/mol. The Morgan fingerprint density at radius 3 is 2.61 bits per heavy atom. The number of aliphatic hydroxyl groups is 1. The van der Waals surface area contributed by atoms with Crippen molar-refractivity contribution in [2.75, 3.05) is 0 Å². The van der Waals surface area contributed by atoms with E-state index >= 15 is 0 Å². The zero-order valence-corrected chi connectivity index (χ0v) is 13.7. The number of sulfonamides is 1. The number of nitrogens with zero attached hydrogens (tertiary/aromatic N) is 1. The molecule has 0 unspecified atom stereocenters. The molecular formula is C17H20N2O3S. The van der Waals surface area contributed by atoms with Gasteiger partial charge in [-0.3, -0.25) is 0 Å². The van der Waals surface area contributed by atoms with Crippen molar-refractivity contribution in [3.8, 4) is 0 Å². The second-order valence-corrected chi connectivity index (χ2v) is 8.49. The zero-order chi connectivity index (χ0) is 16.2. The minimum Gasteiger partial charge on any atom is -0.392 e. The van der Waals surface area contributed by atoms with Gasteiger partial charge in [-0.2, -0.15) is 13.5 Å². The molecule has 5 atom stereocenters. The summed E-state index contributed by atoms with van der Waals surface area (Å²) in [7, 11) is -3.66. The fourth-order valence-corrected chi connectivity index (χ4v) is 5.18. The summed E-state index contributed by atoms with van der Waals surface area (Å²) in [5, 5.41) is 14.5. The van der Waals surface area contributed by atoms with E-state index in [9.17, 15) is 13.5 Å². The first-order chi connectivity index (χ1) is 11.0. The number of aryl methyl sites for hydroxylation is 1. The van der Waals surface area contributed by atoms with Crippen LogP contribution in [0.5, 0.6) is 0 Å². The molecule has 2 saturated carbocycles. The number of rotatable bonds is 3. The van der Waals surface area contributed by atoms with Crippen molar-refractivity contribution in [3.63, 3.8) is 0 Å². The van der Waals surface area contributed by atoms with Gasteiger partial charge in [0.25, 0.3) is 10.0 Å². The summed E-state index contributed by atoms with van der Waals surface area (Å²) < 4.78 is 24.7. The van der Waals surface area contributed by atoms with E-state index in [1.807, 2.05) is 6.92 Å². The second-order valence-electron chi connectivity index (χ2n) is 6.83. The molecule has 0 saturated heterocycles. The summed E-state index contributed by atoms with van der Waals surface area (Å²) in [6, 6.07) is 6.67. The van der Waals surface area contributed by atoms with Gasteiger partial charge >= 0.3 is 0 Å². The molecule has 122 valence electrons. The third-order valence-corrected chi connectivity index (χ3v) is 6.63. The van der Waals surface area contributed by atoms with Crippen LogP contribution < -0.4 is 4.83 Å². The first-order valence-electron chi connectivity index (χ1n) is 7.97. The van der Waals surface area contributed by atoms with Crippen LogP contribution in [0.15, 0.2) is 46.4 Å². The highest BCUT2D eigenvalue weighted by Crippen LogP contribution is 2.53. The smallest absolute Gasteiger partial charge is 0.276 e. The lowest BCUT2D eigenvalue weighted by Gasteiger charge is -2.15. The van der Waals surface area contributed by atoms with Crippen molar-refractivity contribution < 1.29 is 13.5 Å². The summed E-state index contributed by atoms with van der Waals surface area (Å²) in [5.41, 5.74) is 1.79. The van der Waals surface area contributed by atoms with Gasteiger partial charge < -0.3 is 5.11 Å². The molecule has 2 fully saturated rings. The Bertz CT molecular complexity index is 783. The lowest BCUT2D eigenvalue weighted by atomic mass is 9.91. The van der Waals surface area contributed by atoms with Gasteiger partial charge in [-0.05, 0) is 49.7 Å². The molecule has 4 rings (SSSR count). The van der Waals surface area contributed by atoms with E-state index in [1.165, 1.54) is 0 Å². The third-order valence-electron chi connectivity index (χ3n) is 5.41. The fraction of sp³-hybridized carbons (Fsp3) is 0.471. The highest BCUT2D eigenvalue weighted by Gasteiger charge is 2.54. The monoisotopic (exact) mass is 332 g/mol. The molecule has 0 amide bonds. The van der Waals surface area contributed by atoms with Crippen molar-refractivity contribution in [2.24, 2.45) is 28.8 Å². The molecular weight excluding hydrogens is 312 g/mol. The highest BCUT2D eigenvalue weighted by molar-refractivity contribution is 7.89. The average Bonchev–Trinajstić information content (AvgIpc) is 3.14. The van der Waals surface area contributed by atoms with Gasteiger partial charge in [0.1, 0.15) is 0 Å². The standard InChI is InChI=1S/C17H20N2O3S/c1-10-2-6-13(7-3-10)23(21,22)19-18-14-8-11-4-5-12-9-15(20)17(14)16(11)12/h2-7,11-12,15-17,19-20H,8-9H2,1H3/b18-14+/t11-,12-,15+,16+,17-/m0/s1. The van der Waals surface area contributed by atoms with E-state index in [0.717, 1.165) is 24.1 Å². The molecule has 1 aromatic rings. The van der Waals surface area contributed by atoms with Crippen LogP contribution in [0, 0.1) is 30.6 Å². The molecule has 0 spiro atoms. The fourth-order valence-electron chi connectivity index (χ4n) is 4.34. The Morgan fingerprint density at radius 2 is 1.87 bits per heavy atom. The topological polar surface area (TPSA) is 78.8 Å². The van der Waals surface area contributed by atoms with Crippen LogP contribution in [0.3, 0.4) is 0 Å². The van der Waals surface area contributed by atoms with Gasteiger partial charge in [0.2, 0.25) is 0 Å². The molecule has 0 aromatic heterocycles. The van der Waals surface area contributed by atoms with Crippen LogP contribution in [0.2, 0.25) is 0 Å². The summed E-state index contributed by atoms with van der Waals surface area (Å²) in [6.07, 6.45) is 5.47. The van der Waals surface area contributed by atoms with Gasteiger partial charge in [-0.15, -0.1) is 0 Å². The number of hydrogen-bond acceptors (Lipinski definition) is 4. The van der Waals surface area contributed by atoms with Gasteiger partial charge in [0.05, 0.1) is 11.0 Å². The van der Waals surface area contributed by atoms with Crippen molar-refractivity contribution in [3.05, 3.63) is 42.0 Å². The highest BCUT2D eigenvalue weighted by atomic mass is 32.2. The second kappa shape index (κ2) is 5.18. The van der Waals surface area contributed by atoms with Gasteiger partial charge in [0.15, 0.2) is 0 Å². The lowest BCUT2D eigenvalue weighted by molar-refractivity contribution is 0.151. The van der Waals surface area contributed by atoms with Crippen molar-refractivity contribution >= 4 is 15.7 Å². The molecule has 1 aromatic carbocycles. The maximum absolute atomic E-state index is 12.3. The summed E-state index contributed by atoms with van der Waals surface area (Å²) in [5.74, 6) is 1.19. The number of hydrogen-bond donors (Lipinski definition) is 2. The Hall–Kier alpha value is -1.66. The number of hydrazone groups is 1. The quantitative estimate of drug-likeness (QED) is 0.655. The molecule has 0 heterocycles. The van der Waals surface area contributed by atoms with E-state index in [-0.39, 0.29) is 10.8 Å². The van der Waals surface area contributed by atoms with Crippen LogP contribution >= 0.6 is 0 Å². The third kappa shape index (κ3) is 2.40. The zero-order valence-electron chi connectivity index (χ0n) is 12.9. The number of benzene rings is 1. The molecule has 5 nitrogen and oxygen atoms in total. The first-order valence-corrected chi connectivity index (χ1v) is 9.45. The van der Waals surface area contributed by atoms with Crippen molar-refractivity contribution in [1.29, 1.82) is 0 Å². The summed E-state index contributed by atoms with van der Waals surface area (Å²) >= 11 is 0. The molecule has 0 bridgehead atoms. The van der Waals surface area contributed by atoms with E-state index < -0.39 is 16.1 Å². The minimum absolute atomic E-state index is 0.0132. The molecule has 6 heteroatoms. The van der Waals surface area contributed by atoms with Crippen LogP contribution in [0.1, 0.15) is 18.4 Å². The molecule has 3 aliphatic rings. The number of aliphatic hydroxyl groups excluding tert-OH is 1. The summed E-state index contributed by atoms with van der Waals surface area (Å²) in [4.78, 5) is 2.56. The number of nitrogens with one attached hydrogen (secondary N) is 1. The van der Waals surface area contributed by atoms with Crippen LogP contribution in [0.25, 0.3) is 0 Å². The molecule has 3 aliphatic carbocycles. The van der Waals surface area contributed by atoms with E-state index in [1.54, 1.807) is 24.3 Å². The minimum atomic E-state index is -3.66. The maximum Gasteiger partial charge on any atom is 0.276 e. The Labute approximate surface area is 136 Å². The Kier molecular flexibility index (Phi) is 3.35. The largest absolute Gasteiger partial charge is 0.392 e. The van der Waals surface area contributed by atoms with E-state index in [4.69, 9.17) is 0 Å². The Balaban J connectivity index is 1.57. The molecule has 2 N–H and O–H groups in total.